The van der Waals surface area contributed by atoms with Crippen LogP contribution in [-0.2, 0) is 31.9 Å². The van der Waals surface area contributed by atoms with Gasteiger partial charge in [0.05, 0.1) is 16.9 Å². The monoisotopic (exact) mass is 1040 g/mol. The molecular weight excluding hydrogens is 989 g/mol. The summed E-state index contributed by atoms with van der Waals surface area (Å²) in [6.45, 7) is 17.7. The Bertz CT molecular complexity index is 3260. The van der Waals surface area contributed by atoms with Crippen LogP contribution in [0.25, 0.3) is 28.1 Å². The quantitative estimate of drug-likeness (QED) is 0.123. The number of aromatic nitrogens is 3. The Morgan fingerprint density at radius 2 is 1.11 bits per heavy atom. The van der Waals surface area contributed by atoms with Crippen LogP contribution in [0.4, 0.5) is 34.1 Å². The minimum atomic E-state index is -0.258. The molecule has 0 saturated heterocycles. The molecule has 66 heavy (non-hydrogen) atoms. The molecule has 9 aromatic rings. The molecule has 0 spiro atoms. The van der Waals surface area contributed by atoms with Gasteiger partial charge in [-0.3, -0.25) is 4.98 Å². The van der Waals surface area contributed by atoms with E-state index in [0.29, 0.717) is 11.6 Å². The van der Waals surface area contributed by atoms with Gasteiger partial charge in [0.25, 0.3) is 0 Å². The largest absolute Gasteiger partial charge is 2.00 e. The number of anilines is 6. The fourth-order valence-corrected chi connectivity index (χ4v) is 9.81. The van der Waals surface area contributed by atoms with Crippen molar-refractivity contribution in [3.63, 3.8) is 0 Å². The first-order chi connectivity index (χ1) is 31.3. The maximum absolute atomic E-state index is 6.48. The van der Waals surface area contributed by atoms with Gasteiger partial charge < -0.3 is 19.1 Å². The molecule has 0 amide bonds. The van der Waals surface area contributed by atoms with Crippen LogP contribution in [0.2, 0.25) is 0 Å². The second-order valence-corrected chi connectivity index (χ2v) is 19.5. The van der Waals surface area contributed by atoms with Crippen LogP contribution in [0, 0.1) is 26.0 Å². The van der Waals surface area contributed by atoms with Crippen molar-refractivity contribution in [2.75, 3.05) is 9.80 Å². The van der Waals surface area contributed by atoms with Gasteiger partial charge in [0.1, 0.15) is 0 Å². The second-order valence-electron chi connectivity index (χ2n) is 19.5. The average Bonchev–Trinajstić information content (AvgIpc) is 3.68. The summed E-state index contributed by atoms with van der Waals surface area (Å²) < 4.78 is 8.80. The smallest absolute Gasteiger partial charge is 0.466 e. The Morgan fingerprint density at radius 3 is 1.70 bits per heavy atom. The summed E-state index contributed by atoms with van der Waals surface area (Å²) in [6, 6.07) is 62.1. The van der Waals surface area contributed by atoms with Crippen molar-refractivity contribution in [2.24, 2.45) is 0 Å². The SMILES string of the molecule is Cc1cccc(C)c1-n1c(-c2[c-]c3c(cc2)N(c2ccc(C(C)(C)C)cc2)c2cccc4c2B3c2[c-]c(Oc3ccccn3)ccc2N4c2ccc(C(C)(C)C)cc2)nc2ccccc21.[Pt+2]. The third kappa shape index (κ3) is 7.25. The van der Waals surface area contributed by atoms with Crippen molar-refractivity contribution in [1.82, 2.24) is 14.5 Å². The van der Waals surface area contributed by atoms with E-state index in [9.17, 15) is 0 Å². The number of pyridine rings is 1. The molecule has 4 heterocycles. The molecule has 0 aliphatic carbocycles. The van der Waals surface area contributed by atoms with Crippen LogP contribution in [0.5, 0.6) is 11.6 Å². The summed E-state index contributed by atoms with van der Waals surface area (Å²) >= 11 is 0. The second kappa shape index (κ2) is 16.3. The van der Waals surface area contributed by atoms with E-state index < -0.39 is 0 Å². The third-order valence-corrected chi connectivity index (χ3v) is 13.1. The minimum Gasteiger partial charge on any atom is -0.466 e. The molecule has 11 rings (SSSR count). The van der Waals surface area contributed by atoms with Gasteiger partial charge >= 0.3 is 21.1 Å². The Balaban J connectivity index is 0.00000511. The summed E-state index contributed by atoms with van der Waals surface area (Å²) in [4.78, 5) is 14.7. The molecule has 0 unspecified atom stereocenters. The summed E-state index contributed by atoms with van der Waals surface area (Å²) in [7, 11) is 0. The first-order valence-corrected chi connectivity index (χ1v) is 22.5. The van der Waals surface area contributed by atoms with Crippen LogP contribution in [0.15, 0.2) is 158 Å². The van der Waals surface area contributed by atoms with Gasteiger partial charge in [-0.05, 0) is 113 Å². The van der Waals surface area contributed by atoms with Crippen LogP contribution >= 0.6 is 0 Å². The zero-order valence-electron chi connectivity index (χ0n) is 38.5. The number of rotatable bonds is 6. The Hall–Kier alpha value is -6.69. The number of nitrogens with zero attached hydrogens (tertiary/aromatic N) is 5. The molecule has 0 atom stereocenters. The number of ether oxygens (including phenoxy) is 1. The first-order valence-electron chi connectivity index (χ1n) is 22.5. The van der Waals surface area contributed by atoms with Crippen molar-refractivity contribution >= 4 is 68.3 Å². The predicted octanol–water partition coefficient (Wildman–Crippen LogP) is 12.8. The van der Waals surface area contributed by atoms with Crippen molar-refractivity contribution in [1.29, 1.82) is 0 Å². The molecule has 0 radical (unpaired) electrons. The number of benzene rings is 7. The molecule has 0 saturated carbocycles. The molecule has 6 nitrogen and oxygen atoms in total. The summed E-state index contributed by atoms with van der Waals surface area (Å²) in [6.07, 6.45) is 1.75. The first kappa shape index (κ1) is 43.2. The molecule has 7 aromatic carbocycles. The van der Waals surface area contributed by atoms with Crippen LogP contribution in [0.1, 0.15) is 63.8 Å². The molecule has 2 aliphatic heterocycles. The average molecular weight is 1040 g/mol. The molecule has 0 N–H and O–H groups in total. The molecule has 8 heteroatoms. The normalized spacial score (nSPS) is 12.9. The summed E-state index contributed by atoms with van der Waals surface area (Å²) in [5.41, 5.74) is 18.7. The van der Waals surface area contributed by atoms with Crippen LogP contribution in [0.3, 0.4) is 0 Å². The predicted molar refractivity (Wildman–Crippen MR) is 269 cm³/mol. The zero-order chi connectivity index (χ0) is 44.8. The van der Waals surface area contributed by atoms with Gasteiger partial charge in [-0.1, -0.05) is 114 Å². The van der Waals surface area contributed by atoms with Gasteiger partial charge in [-0.15, -0.1) is 47.4 Å². The number of hydrogen-bond donors (Lipinski definition) is 0. The van der Waals surface area contributed by atoms with Crippen molar-refractivity contribution in [3.8, 4) is 28.7 Å². The van der Waals surface area contributed by atoms with Gasteiger partial charge in [-0.25, -0.2) is 4.98 Å². The van der Waals surface area contributed by atoms with E-state index in [2.05, 4.69) is 214 Å². The van der Waals surface area contributed by atoms with Gasteiger partial charge in [0.15, 0.2) is 0 Å². The van der Waals surface area contributed by atoms with Crippen LogP contribution < -0.4 is 30.9 Å². The third-order valence-electron chi connectivity index (χ3n) is 13.1. The Kier molecular flexibility index (Phi) is 10.7. The number of fused-ring (bicyclic) bond motifs is 5. The van der Waals surface area contributed by atoms with Crippen molar-refractivity contribution in [2.45, 2.75) is 66.2 Å². The van der Waals surface area contributed by atoms with E-state index >= 15 is 0 Å². The summed E-state index contributed by atoms with van der Waals surface area (Å²) in [5, 5.41) is 0. The molecular formula is C58H50BN5OPt. The standard InChI is InChI=1S/C58H50BN5O.Pt/c1-37-15-13-16-38(2)55(37)64-50-18-10-9-17-47(50)61-56(64)39-22-32-48-45(35-39)59-46-36-44(65-53-21-11-12-34-60-53)31-33-49(46)63(43-29-25-41(26-30-43)58(6,7)8)52-20-14-19-51(54(52)59)62(48)42-27-23-40(24-28-42)57(3,4)5;/h9-34H,1-8H3;/q-2;+2. The molecule has 0 fully saturated rings. The topological polar surface area (TPSA) is 46.4 Å². The molecule has 326 valence electrons. The van der Waals surface area contributed by atoms with Gasteiger partial charge in [-0.2, -0.15) is 5.46 Å². The number of imidazole rings is 1. The Labute approximate surface area is 403 Å². The maximum atomic E-state index is 6.48. The summed E-state index contributed by atoms with van der Waals surface area (Å²) in [5.74, 6) is 1.96. The van der Waals surface area contributed by atoms with E-state index in [4.69, 9.17) is 9.72 Å². The van der Waals surface area contributed by atoms with E-state index in [1.807, 2.05) is 24.3 Å². The maximum Gasteiger partial charge on any atom is 2.00 e. The van der Waals surface area contributed by atoms with Crippen molar-refractivity contribution < 1.29 is 25.8 Å². The molecule has 0 bridgehead atoms. The zero-order valence-corrected chi connectivity index (χ0v) is 40.8. The minimum absolute atomic E-state index is 0. The van der Waals surface area contributed by atoms with E-state index in [-0.39, 0.29) is 38.6 Å². The molecule has 2 aliphatic rings. The van der Waals surface area contributed by atoms with Crippen molar-refractivity contribution in [3.05, 3.63) is 192 Å². The van der Waals surface area contributed by atoms with E-state index in [1.54, 1.807) is 6.20 Å². The number of para-hydroxylation sites is 3. The molecule has 2 aromatic heterocycles. The number of aryl methyl sites for hydroxylation is 2. The fourth-order valence-electron chi connectivity index (χ4n) is 9.81. The number of hydrogen-bond acceptors (Lipinski definition) is 5. The van der Waals surface area contributed by atoms with E-state index in [0.717, 1.165) is 73.2 Å². The van der Waals surface area contributed by atoms with E-state index in [1.165, 1.54) is 27.7 Å². The Morgan fingerprint density at radius 1 is 0.545 bits per heavy atom. The van der Waals surface area contributed by atoms with Gasteiger partial charge in [0, 0.05) is 46.4 Å². The fraction of sp³-hybridized carbons (Fsp3) is 0.172. The van der Waals surface area contributed by atoms with Crippen LogP contribution in [-0.4, -0.2) is 21.2 Å². The van der Waals surface area contributed by atoms with Gasteiger partial charge in [0.2, 0.25) is 12.6 Å².